The number of anilines is 2. The maximum Gasteiger partial charge on any atom is 0.181 e. The quantitative estimate of drug-likeness (QED) is 0.485. The number of rotatable bonds is 2. The predicted molar refractivity (Wildman–Crippen MR) is 120 cm³/mol. The Morgan fingerprint density at radius 2 is 1.93 bits per heavy atom. The SMILES string of the molecule is Nc1nc2c(-c3cc4ncnc(N5CC6CCC(C5)N6)c4cc3Cl)ccc(F)c2s1. The summed E-state index contributed by atoms with van der Waals surface area (Å²) in [5.74, 6) is 0.576. The first-order valence-corrected chi connectivity index (χ1v) is 11.1. The van der Waals surface area contributed by atoms with E-state index in [9.17, 15) is 4.39 Å². The first-order valence-electron chi connectivity index (χ1n) is 9.87. The maximum atomic E-state index is 14.2. The zero-order chi connectivity index (χ0) is 20.4. The standard InChI is InChI=1S/C21H18ClFN6S/c22-15-5-14-17(25-9-26-20(14)29-7-10-1-2-11(8-29)27-10)6-13(15)12-3-4-16(23)19-18(12)28-21(24)30-19/h3-6,9-11,27H,1-2,7-8H2,(H2,24,28). The molecule has 0 spiro atoms. The van der Waals surface area contributed by atoms with Crippen LogP contribution in [0.3, 0.4) is 0 Å². The monoisotopic (exact) mass is 440 g/mol. The topological polar surface area (TPSA) is 80.0 Å². The third kappa shape index (κ3) is 2.82. The Kier molecular flexibility index (Phi) is 4.09. The fourth-order valence-electron chi connectivity index (χ4n) is 4.70. The van der Waals surface area contributed by atoms with E-state index in [2.05, 4.69) is 25.2 Å². The molecule has 0 saturated carbocycles. The van der Waals surface area contributed by atoms with Crippen molar-refractivity contribution in [2.24, 2.45) is 0 Å². The molecule has 2 aromatic heterocycles. The molecule has 2 bridgehead atoms. The van der Waals surface area contributed by atoms with Crippen LogP contribution in [0.25, 0.3) is 32.2 Å². The van der Waals surface area contributed by atoms with Gasteiger partial charge in [-0.3, -0.25) is 0 Å². The number of nitrogen functional groups attached to an aromatic ring is 1. The summed E-state index contributed by atoms with van der Waals surface area (Å²) in [7, 11) is 0. The molecule has 3 N–H and O–H groups in total. The van der Waals surface area contributed by atoms with Gasteiger partial charge in [-0.15, -0.1) is 0 Å². The number of hydrogen-bond acceptors (Lipinski definition) is 7. The molecule has 2 aliphatic heterocycles. The van der Waals surface area contributed by atoms with Gasteiger partial charge in [0.1, 0.15) is 18.0 Å². The van der Waals surface area contributed by atoms with Crippen molar-refractivity contribution in [2.75, 3.05) is 23.7 Å². The zero-order valence-corrected chi connectivity index (χ0v) is 17.5. The van der Waals surface area contributed by atoms with E-state index < -0.39 is 0 Å². The summed E-state index contributed by atoms with van der Waals surface area (Å²) < 4.78 is 14.7. The number of nitrogens with one attached hydrogen (secondary N) is 1. The molecule has 0 aliphatic carbocycles. The van der Waals surface area contributed by atoms with Gasteiger partial charge in [-0.2, -0.15) is 0 Å². The molecule has 6 nitrogen and oxygen atoms in total. The summed E-state index contributed by atoms with van der Waals surface area (Å²) in [5, 5.41) is 5.44. The molecule has 2 atom stereocenters. The largest absolute Gasteiger partial charge is 0.375 e. The first kappa shape index (κ1) is 18.2. The van der Waals surface area contributed by atoms with Crippen LogP contribution < -0.4 is 16.0 Å². The Morgan fingerprint density at radius 3 is 2.73 bits per heavy atom. The minimum atomic E-state index is -0.335. The molecule has 30 heavy (non-hydrogen) atoms. The maximum absolute atomic E-state index is 14.2. The van der Waals surface area contributed by atoms with Crippen LogP contribution in [-0.2, 0) is 0 Å². The Bertz CT molecular complexity index is 1300. The van der Waals surface area contributed by atoms with Crippen LogP contribution >= 0.6 is 22.9 Å². The molecule has 2 aliphatic rings. The smallest absolute Gasteiger partial charge is 0.181 e. The molecular weight excluding hydrogens is 423 g/mol. The Balaban J connectivity index is 1.50. The lowest BCUT2D eigenvalue weighted by Gasteiger charge is -2.34. The average Bonchev–Trinajstić information content (AvgIpc) is 3.29. The van der Waals surface area contributed by atoms with E-state index in [1.54, 1.807) is 12.4 Å². The van der Waals surface area contributed by atoms with Crippen molar-refractivity contribution in [2.45, 2.75) is 24.9 Å². The zero-order valence-electron chi connectivity index (χ0n) is 15.9. The molecule has 152 valence electrons. The van der Waals surface area contributed by atoms with Crippen molar-refractivity contribution in [3.05, 3.63) is 41.4 Å². The van der Waals surface area contributed by atoms with Crippen molar-refractivity contribution in [1.82, 2.24) is 20.3 Å². The molecule has 0 radical (unpaired) electrons. The van der Waals surface area contributed by atoms with Gasteiger partial charge >= 0.3 is 0 Å². The third-order valence-corrected chi connectivity index (χ3v) is 7.23. The molecule has 0 amide bonds. The molecule has 4 heterocycles. The van der Waals surface area contributed by atoms with Crippen LogP contribution in [0.5, 0.6) is 0 Å². The van der Waals surface area contributed by atoms with E-state index in [0.717, 1.165) is 52.3 Å². The van der Waals surface area contributed by atoms with Crippen molar-refractivity contribution < 1.29 is 4.39 Å². The number of aromatic nitrogens is 3. The molecule has 2 aromatic carbocycles. The van der Waals surface area contributed by atoms with E-state index in [1.165, 1.54) is 18.9 Å². The van der Waals surface area contributed by atoms with Gasteiger partial charge in [0.15, 0.2) is 5.13 Å². The summed E-state index contributed by atoms with van der Waals surface area (Å²) >= 11 is 7.86. The molecule has 4 aromatic rings. The Morgan fingerprint density at radius 1 is 1.13 bits per heavy atom. The normalized spacial score (nSPS) is 21.1. The minimum absolute atomic E-state index is 0.325. The fraction of sp³-hybridized carbons (Fsp3) is 0.286. The highest BCUT2D eigenvalue weighted by Gasteiger charge is 2.33. The second-order valence-corrected chi connectivity index (χ2v) is 9.35. The number of hydrogen-bond donors (Lipinski definition) is 2. The Hall–Kier alpha value is -2.55. The minimum Gasteiger partial charge on any atom is -0.375 e. The van der Waals surface area contributed by atoms with E-state index in [-0.39, 0.29) is 5.82 Å². The molecule has 2 unspecified atom stereocenters. The number of thiazole rings is 1. The van der Waals surface area contributed by atoms with Crippen LogP contribution in [-0.4, -0.2) is 40.1 Å². The van der Waals surface area contributed by atoms with Crippen molar-refractivity contribution in [1.29, 1.82) is 0 Å². The van der Waals surface area contributed by atoms with Crippen LogP contribution in [0.1, 0.15) is 12.8 Å². The van der Waals surface area contributed by atoms with Crippen LogP contribution in [0, 0.1) is 5.82 Å². The van der Waals surface area contributed by atoms with E-state index >= 15 is 0 Å². The number of piperazine rings is 1. The third-order valence-electron chi connectivity index (χ3n) is 6.02. The summed E-state index contributed by atoms with van der Waals surface area (Å²) in [6.45, 7) is 1.86. The molecule has 2 saturated heterocycles. The van der Waals surface area contributed by atoms with Crippen LogP contribution in [0.2, 0.25) is 5.02 Å². The summed E-state index contributed by atoms with van der Waals surface area (Å²) in [6, 6.07) is 7.98. The van der Waals surface area contributed by atoms with Gasteiger partial charge in [-0.05, 0) is 37.1 Å². The van der Waals surface area contributed by atoms with E-state index in [4.69, 9.17) is 17.3 Å². The van der Waals surface area contributed by atoms with Crippen molar-refractivity contribution in [3.63, 3.8) is 0 Å². The van der Waals surface area contributed by atoms with E-state index in [0.29, 0.717) is 32.5 Å². The highest BCUT2D eigenvalue weighted by Crippen LogP contribution is 2.40. The number of fused-ring (bicyclic) bond motifs is 4. The number of halogens is 2. The summed E-state index contributed by atoms with van der Waals surface area (Å²) in [6.07, 6.45) is 4.00. The fourth-order valence-corrected chi connectivity index (χ4v) is 5.73. The van der Waals surface area contributed by atoms with Crippen LogP contribution in [0.15, 0.2) is 30.6 Å². The highest BCUT2D eigenvalue weighted by molar-refractivity contribution is 7.22. The average molecular weight is 441 g/mol. The van der Waals surface area contributed by atoms with Gasteiger partial charge in [0.05, 0.1) is 15.7 Å². The second-order valence-electron chi connectivity index (χ2n) is 7.91. The lowest BCUT2D eigenvalue weighted by Crippen LogP contribution is -2.51. The van der Waals surface area contributed by atoms with E-state index in [1.807, 2.05) is 12.1 Å². The Labute approximate surface area is 180 Å². The van der Waals surface area contributed by atoms with Gasteiger partial charge in [0.2, 0.25) is 0 Å². The first-order chi connectivity index (χ1) is 14.6. The summed E-state index contributed by atoms with van der Waals surface area (Å²) in [5.41, 5.74) is 8.66. The second kappa shape index (κ2) is 6.73. The molecular formula is C21H18ClFN6S. The molecule has 6 rings (SSSR count). The predicted octanol–water partition coefficient (Wildman–Crippen LogP) is 4.22. The van der Waals surface area contributed by atoms with Gasteiger partial charge in [-0.1, -0.05) is 22.9 Å². The van der Waals surface area contributed by atoms with Gasteiger partial charge < -0.3 is 16.0 Å². The van der Waals surface area contributed by atoms with Gasteiger partial charge in [0, 0.05) is 46.7 Å². The number of nitrogens with two attached hydrogens (primary N) is 1. The molecule has 9 heteroatoms. The number of benzene rings is 2. The lowest BCUT2D eigenvalue weighted by molar-refractivity contribution is 0.464. The van der Waals surface area contributed by atoms with Crippen molar-refractivity contribution in [3.8, 4) is 11.1 Å². The van der Waals surface area contributed by atoms with Crippen molar-refractivity contribution >= 4 is 55.0 Å². The van der Waals surface area contributed by atoms with Crippen LogP contribution in [0.4, 0.5) is 15.3 Å². The van der Waals surface area contributed by atoms with Gasteiger partial charge in [-0.25, -0.2) is 19.3 Å². The number of nitrogens with zero attached hydrogens (tertiary/aromatic N) is 4. The van der Waals surface area contributed by atoms with Gasteiger partial charge in [0.25, 0.3) is 0 Å². The summed E-state index contributed by atoms with van der Waals surface area (Å²) in [4.78, 5) is 15.7. The molecule has 2 fully saturated rings. The highest BCUT2D eigenvalue weighted by atomic mass is 35.5. The lowest BCUT2D eigenvalue weighted by atomic mass is 10.0.